The minimum Gasteiger partial charge on any atom is -0.351 e. The second-order valence-electron chi connectivity index (χ2n) is 5.68. The van der Waals surface area contributed by atoms with Gasteiger partial charge in [0.1, 0.15) is 0 Å². The van der Waals surface area contributed by atoms with Crippen LogP contribution >= 0.6 is 11.8 Å². The van der Waals surface area contributed by atoms with Gasteiger partial charge in [-0.1, -0.05) is 22.9 Å². The van der Waals surface area contributed by atoms with Crippen molar-refractivity contribution < 1.29 is 9.32 Å². The van der Waals surface area contributed by atoms with E-state index in [1.54, 1.807) is 17.8 Å². The number of amides is 1. The lowest BCUT2D eigenvalue weighted by Crippen LogP contribution is -2.26. The maximum Gasteiger partial charge on any atom is 0.258 e. The molecule has 0 aliphatic heterocycles. The molecular formula is C18H19N3O2S. The highest BCUT2D eigenvalue weighted by molar-refractivity contribution is 7.99. The number of nitrogens with one attached hydrogen (secondary N) is 1. The van der Waals surface area contributed by atoms with Crippen molar-refractivity contribution in [3.8, 4) is 0 Å². The molecule has 1 amide bonds. The highest BCUT2D eigenvalue weighted by Crippen LogP contribution is 2.22. The van der Waals surface area contributed by atoms with Crippen LogP contribution in [0.2, 0.25) is 0 Å². The SMILES string of the molecule is Cc1ccc(SCCNC(=O)c2cc(C)nc3onc(C)c23)cc1. The number of aromatic nitrogens is 2. The van der Waals surface area contributed by atoms with Gasteiger partial charge in [0, 0.05) is 22.9 Å². The average Bonchev–Trinajstić information content (AvgIpc) is 2.93. The van der Waals surface area contributed by atoms with Crippen LogP contribution in [-0.4, -0.2) is 28.3 Å². The molecule has 0 spiro atoms. The van der Waals surface area contributed by atoms with Crippen molar-refractivity contribution in [3.63, 3.8) is 0 Å². The lowest BCUT2D eigenvalue weighted by Gasteiger charge is -2.07. The fraction of sp³-hybridized carbons (Fsp3) is 0.278. The summed E-state index contributed by atoms with van der Waals surface area (Å²) in [4.78, 5) is 18.0. The van der Waals surface area contributed by atoms with Gasteiger partial charge in [-0.2, -0.15) is 0 Å². The first-order chi connectivity index (χ1) is 11.5. The van der Waals surface area contributed by atoms with E-state index in [1.165, 1.54) is 10.5 Å². The second kappa shape index (κ2) is 7.05. The molecule has 0 radical (unpaired) electrons. The number of benzene rings is 1. The Morgan fingerprint density at radius 2 is 1.96 bits per heavy atom. The third-order valence-corrected chi connectivity index (χ3v) is 4.68. The fourth-order valence-electron chi connectivity index (χ4n) is 2.46. The van der Waals surface area contributed by atoms with Crippen molar-refractivity contribution in [2.75, 3.05) is 12.3 Å². The molecular weight excluding hydrogens is 322 g/mol. The van der Waals surface area contributed by atoms with Crippen LogP contribution in [-0.2, 0) is 0 Å². The van der Waals surface area contributed by atoms with Crippen molar-refractivity contribution in [3.05, 3.63) is 52.8 Å². The zero-order valence-electron chi connectivity index (χ0n) is 13.9. The Bertz CT molecular complexity index is 872. The molecule has 0 saturated heterocycles. The zero-order chi connectivity index (χ0) is 17.1. The quantitative estimate of drug-likeness (QED) is 0.566. The van der Waals surface area contributed by atoms with Crippen LogP contribution in [0, 0.1) is 20.8 Å². The van der Waals surface area contributed by atoms with E-state index < -0.39 is 0 Å². The molecule has 124 valence electrons. The van der Waals surface area contributed by atoms with Crippen molar-refractivity contribution in [1.29, 1.82) is 0 Å². The van der Waals surface area contributed by atoms with Gasteiger partial charge in [0.05, 0.1) is 16.6 Å². The van der Waals surface area contributed by atoms with Gasteiger partial charge in [-0.25, -0.2) is 4.98 Å². The van der Waals surface area contributed by atoms with E-state index in [0.29, 0.717) is 28.9 Å². The first-order valence-electron chi connectivity index (χ1n) is 7.76. The van der Waals surface area contributed by atoms with Crippen LogP contribution in [0.4, 0.5) is 0 Å². The molecule has 0 aliphatic rings. The van der Waals surface area contributed by atoms with Crippen LogP contribution in [0.5, 0.6) is 0 Å². The van der Waals surface area contributed by atoms with E-state index >= 15 is 0 Å². The van der Waals surface area contributed by atoms with Gasteiger partial charge in [-0.05, 0) is 39.0 Å². The number of hydrogen-bond donors (Lipinski definition) is 1. The summed E-state index contributed by atoms with van der Waals surface area (Å²) < 4.78 is 5.17. The van der Waals surface area contributed by atoms with E-state index in [0.717, 1.165) is 11.4 Å². The zero-order valence-corrected chi connectivity index (χ0v) is 14.7. The number of pyridine rings is 1. The Labute approximate surface area is 144 Å². The topological polar surface area (TPSA) is 68.0 Å². The van der Waals surface area contributed by atoms with Crippen LogP contribution in [0.15, 0.2) is 39.8 Å². The Morgan fingerprint density at radius 3 is 2.71 bits per heavy atom. The molecule has 0 aliphatic carbocycles. The molecule has 0 saturated carbocycles. The molecule has 1 aromatic carbocycles. The lowest BCUT2D eigenvalue weighted by atomic mass is 10.1. The highest BCUT2D eigenvalue weighted by Gasteiger charge is 2.17. The third-order valence-electron chi connectivity index (χ3n) is 3.67. The molecule has 3 rings (SSSR count). The Hall–Kier alpha value is -2.34. The number of fused-ring (bicyclic) bond motifs is 1. The number of nitrogens with zero attached hydrogens (tertiary/aromatic N) is 2. The van der Waals surface area contributed by atoms with Crippen molar-refractivity contribution in [1.82, 2.24) is 15.5 Å². The smallest absolute Gasteiger partial charge is 0.258 e. The molecule has 2 aromatic heterocycles. The average molecular weight is 341 g/mol. The summed E-state index contributed by atoms with van der Waals surface area (Å²) in [7, 11) is 0. The summed E-state index contributed by atoms with van der Waals surface area (Å²) in [6.07, 6.45) is 0. The predicted molar refractivity (Wildman–Crippen MR) is 95.5 cm³/mol. The van der Waals surface area contributed by atoms with Crippen LogP contribution < -0.4 is 5.32 Å². The van der Waals surface area contributed by atoms with Gasteiger partial charge >= 0.3 is 0 Å². The maximum atomic E-state index is 12.5. The van der Waals surface area contributed by atoms with Crippen molar-refractivity contribution in [2.45, 2.75) is 25.7 Å². The van der Waals surface area contributed by atoms with E-state index in [2.05, 4.69) is 46.6 Å². The number of hydrogen-bond acceptors (Lipinski definition) is 5. The summed E-state index contributed by atoms with van der Waals surface area (Å²) in [6, 6.07) is 10.1. The third kappa shape index (κ3) is 3.59. The molecule has 24 heavy (non-hydrogen) atoms. The normalized spacial score (nSPS) is 11.0. The largest absolute Gasteiger partial charge is 0.351 e. The summed E-state index contributed by atoms with van der Waals surface area (Å²) in [5, 5.41) is 7.55. The number of aryl methyl sites for hydroxylation is 3. The lowest BCUT2D eigenvalue weighted by molar-refractivity contribution is 0.0957. The number of rotatable bonds is 5. The molecule has 0 unspecified atom stereocenters. The summed E-state index contributed by atoms with van der Waals surface area (Å²) in [5.74, 6) is 0.686. The maximum absolute atomic E-state index is 12.5. The van der Waals surface area contributed by atoms with Crippen molar-refractivity contribution >= 4 is 28.8 Å². The Balaban J connectivity index is 1.63. The van der Waals surface area contributed by atoms with Crippen molar-refractivity contribution in [2.24, 2.45) is 0 Å². The molecule has 6 heteroatoms. The van der Waals surface area contributed by atoms with Gasteiger partial charge in [0.25, 0.3) is 11.6 Å². The Kier molecular flexibility index (Phi) is 4.85. The monoisotopic (exact) mass is 341 g/mol. The second-order valence-corrected chi connectivity index (χ2v) is 6.85. The van der Waals surface area contributed by atoms with Gasteiger partial charge in [0.2, 0.25) is 0 Å². The summed E-state index contributed by atoms with van der Waals surface area (Å²) in [6.45, 7) is 6.30. The van der Waals surface area contributed by atoms with Gasteiger partial charge < -0.3 is 9.84 Å². The highest BCUT2D eigenvalue weighted by atomic mass is 32.2. The van der Waals surface area contributed by atoms with Crippen LogP contribution in [0.3, 0.4) is 0 Å². The van der Waals surface area contributed by atoms with Crippen LogP contribution in [0.1, 0.15) is 27.3 Å². The van der Waals surface area contributed by atoms with Gasteiger partial charge in [-0.3, -0.25) is 4.79 Å². The van der Waals surface area contributed by atoms with Crippen LogP contribution in [0.25, 0.3) is 11.1 Å². The molecule has 0 bridgehead atoms. The fourth-order valence-corrected chi connectivity index (χ4v) is 3.23. The Morgan fingerprint density at radius 1 is 1.21 bits per heavy atom. The molecule has 0 atom stereocenters. The van der Waals surface area contributed by atoms with E-state index in [-0.39, 0.29) is 5.91 Å². The minimum absolute atomic E-state index is 0.124. The molecule has 0 fully saturated rings. The number of thioether (sulfide) groups is 1. The van der Waals surface area contributed by atoms with E-state index in [1.807, 2.05) is 13.8 Å². The van der Waals surface area contributed by atoms with Gasteiger partial charge in [0.15, 0.2) is 0 Å². The molecule has 2 heterocycles. The standard InChI is InChI=1S/C18H19N3O2S/c1-11-4-6-14(7-5-11)24-9-8-19-17(22)15-10-12(2)20-18-16(15)13(3)21-23-18/h4-7,10H,8-9H2,1-3H3,(H,19,22). The molecule has 1 N–H and O–H groups in total. The number of carbonyl (C=O) groups excluding carboxylic acids is 1. The van der Waals surface area contributed by atoms with E-state index in [9.17, 15) is 4.79 Å². The van der Waals surface area contributed by atoms with Gasteiger partial charge in [-0.15, -0.1) is 11.8 Å². The summed E-state index contributed by atoms with van der Waals surface area (Å²) >= 11 is 1.72. The minimum atomic E-state index is -0.124. The van der Waals surface area contributed by atoms with E-state index in [4.69, 9.17) is 4.52 Å². The first-order valence-corrected chi connectivity index (χ1v) is 8.74. The first kappa shape index (κ1) is 16.5. The summed E-state index contributed by atoms with van der Waals surface area (Å²) in [5.41, 5.74) is 3.63. The molecule has 5 nitrogen and oxygen atoms in total. The predicted octanol–water partition coefficient (Wildman–Crippen LogP) is 3.67. The molecule has 3 aromatic rings. The number of carbonyl (C=O) groups is 1.